The molecule has 1 unspecified atom stereocenters. The van der Waals surface area contributed by atoms with Crippen LogP contribution in [0.25, 0.3) is 0 Å². The maximum atomic E-state index is 12.4. The lowest BCUT2D eigenvalue weighted by Crippen LogP contribution is -2.34. The van der Waals surface area contributed by atoms with Gasteiger partial charge in [0.25, 0.3) is 5.91 Å². The van der Waals surface area contributed by atoms with Crippen LogP contribution >= 0.6 is 0 Å². The summed E-state index contributed by atoms with van der Waals surface area (Å²) >= 11 is 0. The van der Waals surface area contributed by atoms with Crippen LogP contribution in [0.3, 0.4) is 0 Å². The summed E-state index contributed by atoms with van der Waals surface area (Å²) in [4.78, 5) is 14.0. The summed E-state index contributed by atoms with van der Waals surface area (Å²) < 4.78 is 10.5. The number of likely N-dealkylation sites (tertiary alicyclic amines) is 1. The molecule has 6 heteroatoms. The van der Waals surface area contributed by atoms with Crippen LogP contribution in [0.4, 0.5) is 5.69 Å². The van der Waals surface area contributed by atoms with Crippen molar-refractivity contribution in [3.05, 3.63) is 17.7 Å². The van der Waals surface area contributed by atoms with Gasteiger partial charge in [-0.05, 0) is 19.4 Å². The van der Waals surface area contributed by atoms with Gasteiger partial charge in [0.05, 0.1) is 11.2 Å². The second-order valence-corrected chi connectivity index (χ2v) is 5.27. The zero-order valence-corrected chi connectivity index (χ0v) is 10.7. The molecule has 3 rings (SSSR count). The normalized spacial score (nSPS) is 24.8. The van der Waals surface area contributed by atoms with Crippen LogP contribution in [0, 0.1) is 0 Å². The van der Waals surface area contributed by atoms with Gasteiger partial charge in [0, 0.05) is 24.8 Å². The van der Waals surface area contributed by atoms with Gasteiger partial charge in [0.1, 0.15) is 0 Å². The van der Waals surface area contributed by atoms with Crippen molar-refractivity contribution < 1.29 is 19.4 Å². The number of fused-ring (bicyclic) bond motifs is 1. The summed E-state index contributed by atoms with van der Waals surface area (Å²) in [6.45, 7) is 2.72. The lowest BCUT2D eigenvalue weighted by atomic mass is 10.1. The molecular weight excluding hydrogens is 248 g/mol. The highest BCUT2D eigenvalue weighted by molar-refractivity contribution is 6.00. The molecule has 1 atom stereocenters. The van der Waals surface area contributed by atoms with E-state index in [0.29, 0.717) is 42.3 Å². The van der Waals surface area contributed by atoms with Gasteiger partial charge in [-0.15, -0.1) is 0 Å². The van der Waals surface area contributed by atoms with Crippen molar-refractivity contribution in [2.24, 2.45) is 0 Å². The van der Waals surface area contributed by atoms with Crippen molar-refractivity contribution in [1.82, 2.24) is 4.90 Å². The van der Waals surface area contributed by atoms with E-state index in [9.17, 15) is 9.90 Å². The molecule has 0 aliphatic carbocycles. The highest BCUT2D eigenvalue weighted by Gasteiger charge is 2.35. The fourth-order valence-corrected chi connectivity index (χ4v) is 2.43. The van der Waals surface area contributed by atoms with E-state index >= 15 is 0 Å². The summed E-state index contributed by atoms with van der Waals surface area (Å²) in [5, 5.41) is 9.92. The molecule has 1 aromatic carbocycles. The Morgan fingerprint density at radius 2 is 2.11 bits per heavy atom. The van der Waals surface area contributed by atoms with Crippen LogP contribution in [0.1, 0.15) is 23.7 Å². The second kappa shape index (κ2) is 4.03. The maximum Gasteiger partial charge on any atom is 0.256 e. The Hall–Kier alpha value is -1.95. The van der Waals surface area contributed by atoms with Crippen molar-refractivity contribution in [1.29, 1.82) is 0 Å². The number of nitrogens with two attached hydrogens (primary N) is 1. The molecule has 6 nitrogen and oxygen atoms in total. The van der Waals surface area contributed by atoms with Gasteiger partial charge in [0.2, 0.25) is 6.79 Å². The third kappa shape index (κ3) is 2.08. The molecule has 2 aliphatic heterocycles. The first-order valence-corrected chi connectivity index (χ1v) is 6.17. The standard InChI is InChI=1S/C13H16N2O4/c1-13(17)2-3-15(6-13)12(16)8-4-10-11(5-9(8)14)19-7-18-10/h4-5,17H,2-3,6-7,14H2,1H3. The molecule has 102 valence electrons. The van der Waals surface area contributed by atoms with E-state index in [1.54, 1.807) is 24.0 Å². The number of anilines is 1. The Kier molecular flexibility index (Phi) is 2.56. The molecule has 0 saturated carbocycles. The van der Waals surface area contributed by atoms with Crippen LogP contribution in [0.2, 0.25) is 0 Å². The molecule has 1 saturated heterocycles. The molecule has 2 aliphatic rings. The fourth-order valence-electron chi connectivity index (χ4n) is 2.43. The first-order chi connectivity index (χ1) is 8.96. The van der Waals surface area contributed by atoms with Crippen LogP contribution in [-0.2, 0) is 0 Å². The highest BCUT2D eigenvalue weighted by atomic mass is 16.7. The number of rotatable bonds is 1. The molecule has 0 radical (unpaired) electrons. The zero-order valence-electron chi connectivity index (χ0n) is 10.7. The average molecular weight is 264 g/mol. The average Bonchev–Trinajstić information content (AvgIpc) is 2.93. The maximum absolute atomic E-state index is 12.4. The molecule has 1 fully saturated rings. The smallest absolute Gasteiger partial charge is 0.256 e. The van der Waals surface area contributed by atoms with Crippen molar-refractivity contribution in [2.75, 3.05) is 25.6 Å². The summed E-state index contributed by atoms with van der Waals surface area (Å²) in [6.07, 6.45) is 0.573. The fraction of sp³-hybridized carbons (Fsp3) is 0.462. The highest BCUT2D eigenvalue weighted by Crippen LogP contribution is 2.36. The third-order valence-electron chi connectivity index (χ3n) is 3.51. The SMILES string of the molecule is CC1(O)CCN(C(=O)c2cc3c(cc2N)OCO3)C1. The lowest BCUT2D eigenvalue weighted by molar-refractivity contribution is 0.0572. The number of nitrogen functional groups attached to an aromatic ring is 1. The van der Waals surface area contributed by atoms with E-state index < -0.39 is 5.60 Å². The van der Waals surface area contributed by atoms with Gasteiger partial charge >= 0.3 is 0 Å². The molecule has 3 N–H and O–H groups in total. The minimum atomic E-state index is -0.819. The lowest BCUT2D eigenvalue weighted by Gasteiger charge is -2.20. The van der Waals surface area contributed by atoms with Crippen LogP contribution in [0.5, 0.6) is 11.5 Å². The van der Waals surface area contributed by atoms with Gasteiger partial charge in [-0.1, -0.05) is 0 Å². The number of amides is 1. The van der Waals surface area contributed by atoms with Crippen LogP contribution < -0.4 is 15.2 Å². The first kappa shape index (κ1) is 12.1. The molecule has 0 aromatic heterocycles. The first-order valence-electron chi connectivity index (χ1n) is 6.17. The topological polar surface area (TPSA) is 85.0 Å². The number of carbonyl (C=O) groups excluding carboxylic acids is 1. The summed E-state index contributed by atoms with van der Waals surface area (Å²) in [5.41, 5.74) is 5.82. The summed E-state index contributed by atoms with van der Waals surface area (Å²) in [7, 11) is 0. The Morgan fingerprint density at radius 1 is 1.42 bits per heavy atom. The number of nitrogens with zero attached hydrogens (tertiary/aromatic N) is 1. The van der Waals surface area contributed by atoms with E-state index in [0.717, 1.165) is 0 Å². The zero-order chi connectivity index (χ0) is 13.6. The minimum absolute atomic E-state index is 0.144. The van der Waals surface area contributed by atoms with Crippen LogP contribution in [-0.4, -0.2) is 41.4 Å². The monoisotopic (exact) mass is 264 g/mol. The predicted octanol–water partition coefficient (Wildman–Crippen LogP) is 0.594. The second-order valence-electron chi connectivity index (χ2n) is 5.27. The molecule has 1 amide bonds. The quantitative estimate of drug-likeness (QED) is 0.725. The molecule has 19 heavy (non-hydrogen) atoms. The van der Waals surface area contributed by atoms with Crippen molar-refractivity contribution in [3.63, 3.8) is 0 Å². The molecule has 0 spiro atoms. The van der Waals surface area contributed by atoms with Gasteiger partial charge < -0.3 is 25.2 Å². The van der Waals surface area contributed by atoms with E-state index in [-0.39, 0.29) is 12.7 Å². The number of benzene rings is 1. The summed E-state index contributed by atoms with van der Waals surface area (Å²) in [5.74, 6) is 0.902. The van der Waals surface area contributed by atoms with Crippen LogP contribution in [0.15, 0.2) is 12.1 Å². The van der Waals surface area contributed by atoms with E-state index in [2.05, 4.69) is 0 Å². The number of carbonyl (C=O) groups is 1. The van der Waals surface area contributed by atoms with Crippen molar-refractivity contribution in [3.8, 4) is 11.5 Å². The van der Waals surface area contributed by atoms with E-state index in [1.807, 2.05) is 0 Å². The largest absolute Gasteiger partial charge is 0.454 e. The van der Waals surface area contributed by atoms with Gasteiger partial charge in [0.15, 0.2) is 11.5 Å². The Bertz CT molecular complexity index is 542. The van der Waals surface area contributed by atoms with Gasteiger partial charge in [-0.3, -0.25) is 4.79 Å². The molecular formula is C13H16N2O4. The van der Waals surface area contributed by atoms with Crippen molar-refractivity contribution in [2.45, 2.75) is 18.9 Å². The molecule has 2 heterocycles. The number of ether oxygens (including phenoxy) is 2. The van der Waals surface area contributed by atoms with E-state index in [4.69, 9.17) is 15.2 Å². The number of hydrogen-bond acceptors (Lipinski definition) is 5. The Labute approximate surface area is 110 Å². The Morgan fingerprint density at radius 3 is 2.74 bits per heavy atom. The Balaban J connectivity index is 1.88. The third-order valence-corrected chi connectivity index (χ3v) is 3.51. The van der Waals surface area contributed by atoms with Gasteiger partial charge in [-0.25, -0.2) is 0 Å². The molecule has 1 aromatic rings. The molecule has 0 bridgehead atoms. The predicted molar refractivity (Wildman–Crippen MR) is 68.1 cm³/mol. The number of aliphatic hydroxyl groups is 1. The van der Waals surface area contributed by atoms with E-state index in [1.165, 1.54) is 0 Å². The minimum Gasteiger partial charge on any atom is -0.454 e. The van der Waals surface area contributed by atoms with Gasteiger partial charge in [-0.2, -0.15) is 0 Å². The number of β-amino-alcohol motifs (C(OH)–C–C–N with tert-alkyl or cyclic N) is 1. The number of hydrogen-bond donors (Lipinski definition) is 2. The van der Waals surface area contributed by atoms with Crippen molar-refractivity contribution >= 4 is 11.6 Å². The summed E-state index contributed by atoms with van der Waals surface area (Å²) in [6, 6.07) is 3.21.